The molecule has 2 aromatic rings. The van der Waals surface area contributed by atoms with Gasteiger partial charge in [-0.25, -0.2) is 0 Å². The molecule has 0 aliphatic carbocycles. The number of nitrogens with zero attached hydrogens (tertiary/aromatic N) is 2. The topological polar surface area (TPSA) is 25.4 Å². The Balaban J connectivity index is 1.82. The number of alkyl halides is 1. The molecule has 1 saturated heterocycles. The van der Waals surface area contributed by atoms with Gasteiger partial charge in [-0.1, -0.05) is 18.6 Å². The Labute approximate surface area is 130 Å². The zero-order valence-electron chi connectivity index (χ0n) is 12.4. The van der Waals surface area contributed by atoms with Gasteiger partial charge in [0.1, 0.15) is 12.4 Å². The van der Waals surface area contributed by atoms with Crippen molar-refractivity contribution in [1.29, 1.82) is 0 Å². The molecule has 0 amide bonds. The summed E-state index contributed by atoms with van der Waals surface area (Å²) in [6, 6.07) is 10.5. The molecule has 1 aliphatic heterocycles. The lowest BCUT2D eigenvalue weighted by atomic mass is 10.0. The molecule has 3 rings (SSSR count). The average molecular weight is 305 g/mol. The van der Waals surface area contributed by atoms with Crippen molar-refractivity contribution in [2.45, 2.75) is 31.2 Å². The zero-order chi connectivity index (χ0) is 14.7. The van der Waals surface area contributed by atoms with E-state index in [2.05, 4.69) is 23.0 Å². The highest BCUT2D eigenvalue weighted by molar-refractivity contribution is 6.17. The number of hydrogen-bond acceptors (Lipinski definition) is 3. The highest BCUT2D eigenvalue weighted by Crippen LogP contribution is 2.27. The lowest BCUT2D eigenvalue weighted by Crippen LogP contribution is -2.40. The summed E-state index contributed by atoms with van der Waals surface area (Å²) in [5.74, 6) is 1.31. The Kier molecular flexibility index (Phi) is 4.61. The first-order valence-electron chi connectivity index (χ1n) is 7.55. The minimum atomic E-state index is 0.407. The summed E-state index contributed by atoms with van der Waals surface area (Å²) < 4.78 is 6.13. The lowest BCUT2D eigenvalue weighted by molar-refractivity contribution is 0.126. The summed E-state index contributed by atoms with van der Waals surface area (Å²) >= 11 is 5.95. The van der Waals surface area contributed by atoms with Crippen molar-refractivity contribution in [3.8, 4) is 5.75 Å². The quantitative estimate of drug-likeness (QED) is 0.803. The molecule has 1 unspecified atom stereocenters. The maximum atomic E-state index is 6.13. The molecule has 0 bridgehead atoms. The molecule has 3 nitrogen and oxygen atoms in total. The van der Waals surface area contributed by atoms with Crippen LogP contribution in [0, 0.1) is 0 Å². The fraction of sp³-hybridized carbons (Fsp3) is 0.471. The molecule has 2 heterocycles. The number of halogens is 1. The molecule has 1 fully saturated rings. The second-order valence-electron chi connectivity index (χ2n) is 5.70. The maximum absolute atomic E-state index is 6.13. The number of piperidine rings is 1. The van der Waals surface area contributed by atoms with Crippen molar-refractivity contribution in [3.05, 3.63) is 36.0 Å². The van der Waals surface area contributed by atoms with Gasteiger partial charge in [-0.3, -0.25) is 4.98 Å². The molecule has 21 heavy (non-hydrogen) atoms. The summed E-state index contributed by atoms with van der Waals surface area (Å²) in [6.45, 7) is 1.89. The predicted octanol–water partition coefficient (Wildman–Crippen LogP) is 3.84. The van der Waals surface area contributed by atoms with E-state index in [9.17, 15) is 0 Å². The monoisotopic (exact) mass is 304 g/mol. The number of benzene rings is 1. The Bertz CT molecular complexity index is 617. The third kappa shape index (κ3) is 3.30. The van der Waals surface area contributed by atoms with Crippen LogP contribution in [0.1, 0.15) is 25.0 Å². The van der Waals surface area contributed by atoms with E-state index in [1.807, 2.05) is 24.3 Å². The smallest absolute Gasteiger partial charge is 0.130 e. The highest BCUT2D eigenvalue weighted by Gasteiger charge is 2.19. The Hall–Kier alpha value is -1.32. The van der Waals surface area contributed by atoms with Crippen molar-refractivity contribution in [1.82, 2.24) is 9.88 Å². The van der Waals surface area contributed by atoms with Crippen LogP contribution in [0.2, 0.25) is 0 Å². The summed E-state index contributed by atoms with van der Waals surface area (Å²) in [5, 5.41) is 1.06. The number of para-hydroxylation sites is 1. The molecular weight excluding hydrogens is 284 g/mol. The van der Waals surface area contributed by atoms with Gasteiger partial charge in [0.05, 0.1) is 17.1 Å². The number of likely N-dealkylation sites (tertiary alicyclic amines) is 1. The van der Waals surface area contributed by atoms with Crippen LogP contribution in [-0.4, -0.2) is 36.1 Å². The molecule has 1 atom stereocenters. The third-order valence-corrected chi connectivity index (χ3v) is 4.49. The minimum absolute atomic E-state index is 0.407. The summed E-state index contributed by atoms with van der Waals surface area (Å²) in [4.78, 5) is 6.94. The second kappa shape index (κ2) is 6.63. The summed E-state index contributed by atoms with van der Waals surface area (Å²) in [5.41, 5.74) is 1.81. The molecule has 0 spiro atoms. The zero-order valence-corrected chi connectivity index (χ0v) is 13.1. The van der Waals surface area contributed by atoms with Gasteiger partial charge >= 0.3 is 0 Å². The van der Waals surface area contributed by atoms with Crippen LogP contribution in [0.4, 0.5) is 0 Å². The van der Waals surface area contributed by atoms with Gasteiger partial charge < -0.3 is 9.64 Å². The first-order valence-corrected chi connectivity index (χ1v) is 8.09. The Morgan fingerprint density at radius 2 is 2.19 bits per heavy atom. The van der Waals surface area contributed by atoms with E-state index >= 15 is 0 Å². The molecule has 0 N–H and O–H groups in total. The predicted molar refractivity (Wildman–Crippen MR) is 87.1 cm³/mol. The van der Waals surface area contributed by atoms with Crippen LogP contribution in [0.25, 0.3) is 10.9 Å². The Morgan fingerprint density at radius 3 is 3.00 bits per heavy atom. The minimum Gasteiger partial charge on any atom is -0.491 e. The first-order chi connectivity index (χ1) is 10.3. The van der Waals surface area contributed by atoms with Crippen molar-refractivity contribution in [2.75, 3.05) is 20.2 Å². The summed E-state index contributed by atoms with van der Waals surface area (Å²) in [7, 11) is 2.18. The van der Waals surface area contributed by atoms with Gasteiger partial charge in [0.2, 0.25) is 0 Å². The first kappa shape index (κ1) is 14.6. The highest BCUT2D eigenvalue weighted by atomic mass is 35.5. The largest absolute Gasteiger partial charge is 0.491 e. The average Bonchev–Trinajstić information content (AvgIpc) is 2.53. The Morgan fingerprint density at radius 1 is 1.33 bits per heavy atom. The van der Waals surface area contributed by atoms with Crippen LogP contribution >= 0.6 is 11.6 Å². The van der Waals surface area contributed by atoms with E-state index in [1.165, 1.54) is 19.3 Å². The van der Waals surface area contributed by atoms with Crippen molar-refractivity contribution in [3.63, 3.8) is 0 Å². The molecule has 1 aliphatic rings. The number of hydrogen-bond donors (Lipinski definition) is 0. The number of pyridine rings is 1. The number of likely N-dealkylation sites (N-methyl/N-ethyl adjacent to an activating group) is 1. The van der Waals surface area contributed by atoms with Crippen molar-refractivity contribution in [2.24, 2.45) is 0 Å². The normalized spacial score (nSPS) is 19.8. The molecule has 112 valence electrons. The molecule has 1 aromatic carbocycles. The number of aromatic nitrogens is 1. The standard InChI is InChI=1S/C17H21ClN2O/c1-20-9-5-4-6-14(20)12-21-17-10-13(11-18)19-16-8-3-2-7-15(16)17/h2-3,7-8,10,14H,4-6,9,11-12H2,1H3. The van der Waals surface area contributed by atoms with E-state index in [0.717, 1.165) is 35.5 Å². The van der Waals surface area contributed by atoms with Crippen LogP contribution in [0.5, 0.6) is 5.75 Å². The van der Waals surface area contributed by atoms with Crippen LogP contribution in [0.15, 0.2) is 30.3 Å². The molecular formula is C17H21ClN2O. The number of rotatable bonds is 4. The van der Waals surface area contributed by atoms with E-state index in [-0.39, 0.29) is 0 Å². The van der Waals surface area contributed by atoms with E-state index in [0.29, 0.717) is 11.9 Å². The summed E-state index contributed by atoms with van der Waals surface area (Å²) in [6.07, 6.45) is 3.80. The SMILES string of the molecule is CN1CCCCC1COc1cc(CCl)nc2ccccc12. The molecule has 4 heteroatoms. The maximum Gasteiger partial charge on any atom is 0.130 e. The fourth-order valence-electron chi connectivity index (χ4n) is 2.92. The van der Waals surface area contributed by atoms with Gasteiger partial charge in [-0.05, 0) is 38.6 Å². The second-order valence-corrected chi connectivity index (χ2v) is 5.97. The van der Waals surface area contributed by atoms with Gasteiger partial charge in [0.15, 0.2) is 0 Å². The van der Waals surface area contributed by atoms with Crippen molar-refractivity contribution < 1.29 is 4.74 Å². The van der Waals surface area contributed by atoms with Crippen LogP contribution in [0.3, 0.4) is 0 Å². The van der Waals surface area contributed by atoms with E-state index in [4.69, 9.17) is 16.3 Å². The molecule has 0 radical (unpaired) electrons. The number of fused-ring (bicyclic) bond motifs is 1. The molecule has 1 aromatic heterocycles. The van der Waals surface area contributed by atoms with Gasteiger partial charge in [-0.2, -0.15) is 0 Å². The lowest BCUT2D eigenvalue weighted by Gasteiger charge is -2.32. The van der Waals surface area contributed by atoms with Crippen molar-refractivity contribution >= 4 is 22.5 Å². The van der Waals surface area contributed by atoms with E-state index < -0.39 is 0 Å². The van der Waals surface area contributed by atoms with Gasteiger partial charge in [-0.15, -0.1) is 11.6 Å². The third-order valence-electron chi connectivity index (χ3n) is 4.22. The van der Waals surface area contributed by atoms with Gasteiger partial charge in [0, 0.05) is 17.5 Å². The molecule has 0 saturated carbocycles. The van der Waals surface area contributed by atoms with Crippen LogP contribution < -0.4 is 4.74 Å². The number of ether oxygens (including phenoxy) is 1. The van der Waals surface area contributed by atoms with E-state index in [1.54, 1.807) is 0 Å². The fourth-order valence-corrected chi connectivity index (χ4v) is 3.06. The van der Waals surface area contributed by atoms with Gasteiger partial charge in [0.25, 0.3) is 0 Å². The van der Waals surface area contributed by atoms with Crippen LogP contribution in [-0.2, 0) is 5.88 Å².